The lowest BCUT2D eigenvalue weighted by Gasteiger charge is -2.62. The van der Waals surface area contributed by atoms with Crippen LogP contribution in [0.25, 0.3) is 0 Å². The molecule has 0 amide bonds. The predicted molar refractivity (Wildman–Crippen MR) is 133 cm³/mol. The van der Waals surface area contributed by atoms with Gasteiger partial charge in [0, 0.05) is 0 Å². The predicted octanol–water partition coefficient (Wildman–Crippen LogP) is 8.48. The Labute approximate surface area is 193 Å². The van der Waals surface area contributed by atoms with Gasteiger partial charge in [-0.3, -0.25) is 0 Å². The molecule has 1 heteroatoms. The SMILES string of the molecule is CC(C)=CCCC(C)C1CC[C@@]2(C)C3=C(CC[C@]12C)C1(C)CC[C@H](O)C(C)(C)C1CC3. The second-order valence-electron chi connectivity index (χ2n) is 13.6. The van der Waals surface area contributed by atoms with Gasteiger partial charge in [-0.05, 0) is 117 Å². The van der Waals surface area contributed by atoms with Crippen LogP contribution in [0.15, 0.2) is 22.8 Å². The van der Waals surface area contributed by atoms with Gasteiger partial charge in [-0.25, -0.2) is 0 Å². The van der Waals surface area contributed by atoms with Crippen molar-refractivity contribution >= 4 is 0 Å². The topological polar surface area (TPSA) is 20.2 Å². The maximum absolute atomic E-state index is 10.8. The largest absolute Gasteiger partial charge is 0.393 e. The normalized spacial score (nSPS) is 44.9. The molecule has 0 heterocycles. The van der Waals surface area contributed by atoms with Gasteiger partial charge in [0.05, 0.1) is 6.10 Å². The first kappa shape index (κ1) is 23.6. The first-order valence-electron chi connectivity index (χ1n) is 13.4. The van der Waals surface area contributed by atoms with Crippen LogP contribution < -0.4 is 0 Å². The number of allylic oxidation sites excluding steroid dienone is 4. The van der Waals surface area contributed by atoms with Crippen LogP contribution in [0.3, 0.4) is 0 Å². The van der Waals surface area contributed by atoms with Gasteiger partial charge in [-0.15, -0.1) is 0 Å². The van der Waals surface area contributed by atoms with Gasteiger partial charge in [0.25, 0.3) is 0 Å². The van der Waals surface area contributed by atoms with Gasteiger partial charge in [0.1, 0.15) is 0 Å². The maximum Gasteiger partial charge on any atom is 0.0594 e. The quantitative estimate of drug-likeness (QED) is 0.447. The summed E-state index contributed by atoms with van der Waals surface area (Å²) in [5.74, 6) is 2.32. The number of hydrogen-bond donors (Lipinski definition) is 1. The molecule has 2 fully saturated rings. The van der Waals surface area contributed by atoms with E-state index in [4.69, 9.17) is 0 Å². The summed E-state index contributed by atoms with van der Waals surface area (Å²) < 4.78 is 0. The van der Waals surface area contributed by atoms with Gasteiger partial charge in [0.15, 0.2) is 0 Å². The van der Waals surface area contributed by atoms with Gasteiger partial charge in [-0.2, -0.15) is 0 Å². The van der Waals surface area contributed by atoms with E-state index in [0.29, 0.717) is 22.2 Å². The van der Waals surface area contributed by atoms with E-state index in [1.807, 2.05) is 11.1 Å². The lowest BCUT2D eigenvalue weighted by atomic mass is 9.43. The summed E-state index contributed by atoms with van der Waals surface area (Å²) in [5, 5.41) is 10.8. The summed E-state index contributed by atoms with van der Waals surface area (Å²) in [5.41, 5.74) is 6.41. The Bertz CT molecular complexity index is 767. The fourth-order valence-electron chi connectivity index (χ4n) is 9.47. The van der Waals surface area contributed by atoms with E-state index in [-0.39, 0.29) is 11.5 Å². The van der Waals surface area contributed by atoms with Gasteiger partial charge in [-0.1, -0.05) is 64.3 Å². The molecule has 4 rings (SSSR count). The average molecular weight is 427 g/mol. The van der Waals surface area contributed by atoms with Crippen LogP contribution >= 0.6 is 0 Å². The first-order chi connectivity index (χ1) is 14.4. The zero-order chi connectivity index (χ0) is 22.8. The molecule has 176 valence electrons. The van der Waals surface area contributed by atoms with Crippen LogP contribution in [0, 0.1) is 39.4 Å². The molecule has 0 aromatic carbocycles. The van der Waals surface area contributed by atoms with E-state index >= 15 is 0 Å². The van der Waals surface area contributed by atoms with Crippen molar-refractivity contribution in [1.29, 1.82) is 0 Å². The Balaban J connectivity index is 1.65. The molecule has 2 saturated carbocycles. The minimum absolute atomic E-state index is 0.0465. The van der Waals surface area contributed by atoms with Crippen molar-refractivity contribution in [2.24, 2.45) is 39.4 Å². The van der Waals surface area contributed by atoms with E-state index in [1.54, 1.807) is 0 Å². The molecular weight excluding hydrogens is 376 g/mol. The van der Waals surface area contributed by atoms with Crippen molar-refractivity contribution in [2.75, 3.05) is 0 Å². The third-order valence-electron chi connectivity index (χ3n) is 11.7. The van der Waals surface area contributed by atoms with E-state index in [9.17, 15) is 5.11 Å². The van der Waals surface area contributed by atoms with Gasteiger partial charge >= 0.3 is 0 Å². The summed E-state index contributed by atoms with van der Waals surface area (Å²) in [6.45, 7) is 19.6. The highest BCUT2D eigenvalue weighted by atomic mass is 16.3. The van der Waals surface area contributed by atoms with Gasteiger partial charge in [0.2, 0.25) is 0 Å². The fourth-order valence-corrected chi connectivity index (χ4v) is 9.47. The Morgan fingerprint density at radius 2 is 1.68 bits per heavy atom. The third-order valence-corrected chi connectivity index (χ3v) is 11.7. The summed E-state index contributed by atoms with van der Waals surface area (Å²) in [6.07, 6.45) is 15.2. The van der Waals surface area contributed by atoms with Crippen molar-refractivity contribution in [2.45, 2.75) is 126 Å². The fraction of sp³-hybridized carbons (Fsp3) is 0.867. The van der Waals surface area contributed by atoms with Crippen LogP contribution in [0.1, 0.15) is 120 Å². The molecule has 31 heavy (non-hydrogen) atoms. The standard InChI is InChI=1S/C30H50O/c1-20(2)10-9-11-21(3)22-14-18-30(8)24-12-13-25-27(4,5)26(31)16-17-28(25,6)23(24)15-19-29(22,30)7/h10,21-22,25-26,31H,9,11-19H2,1-8H3/t21?,22?,25?,26-,28?,29+,30-/m0/s1. The van der Waals surface area contributed by atoms with E-state index < -0.39 is 0 Å². The molecule has 0 bridgehead atoms. The Kier molecular flexibility index (Phi) is 5.90. The molecule has 0 radical (unpaired) electrons. The van der Waals surface area contributed by atoms with Crippen molar-refractivity contribution < 1.29 is 5.11 Å². The number of aliphatic hydroxyl groups excluding tert-OH is 1. The molecule has 4 aliphatic rings. The second-order valence-corrected chi connectivity index (χ2v) is 13.6. The van der Waals surface area contributed by atoms with E-state index in [1.165, 1.54) is 63.4 Å². The highest BCUT2D eigenvalue weighted by Gasteiger charge is 2.63. The summed E-state index contributed by atoms with van der Waals surface area (Å²) in [4.78, 5) is 0. The minimum atomic E-state index is -0.130. The molecule has 4 unspecified atom stereocenters. The second kappa shape index (κ2) is 7.75. The molecule has 4 aliphatic carbocycles. The molecule has 0 saturated heterocycles. The van der Waals surface area contributed by atoms with Crippen LogP contribution in [0.2, 0.25) is 0 Å². The average Bonchev–Trinajstić information content (AvgIpc) is 2.96. The Morgan fingerprint density at radius 3 is 2.35 bits per heavy atom. The Morgan fingerprint density at radius 1 is 0.968 bits per heavy atom. The molecule has 1 N–H and O–H groups in total. The van der Waals surface area contributed by atoms with Crippen LogP contribution in [-0.4, -0.2) is 11.2 Å². The molecule has 0 spiro atoms. The molecular formula is C30H50O. The molecule has 7 atom stereocenters. The van der Waals surface area contributed by atoms with E-state index in [0.717, 1.165) is 18.3 Å². The van der Waals surface area contributed by atoms with Crippen molar-refractivity contribution in [3.05, 3.63) is 22.8 Å². The monoisotopic (exact) mass is 426 g/mol. The highest BCUT2D eigenvalue weighted by molar-refractivity contribution is 5.38. The minimum Gasteiger partial charge on any atom is -0.393 e. The van der Waals surface area contributed by atoms with Crippen molar-refractivity contribution in [1.82, 2.24) is 0 Å². The number of rotatable bonds is 4. The summed E-state index contributed by atoms with van der Waals surface area (Å²) in [7, 11) is 0. The number of hydrogen-bond acceptors (Lipinski definition) is 1. The lowest BCUT2D eigenvalue weighted by molar-refractivity contribution is -0.0962. The number of aliphatic hydroxyl groups is 1. The lowest BCUT2D eigenvalue weighted by Crippen LogP contribution is -2.55. The zero-order valence-electron chi connectivity index (χ0n) is 21.9. The van der Waals surface area contributed by atoms with Crippen molar-refractivity contribution in [3.8, 4) is 0 Å². The molecule has 0 aromatic heterocycles. The van der Waals surface area contributed by atoms with Crippen LogP contribution in [-0.2, 0) is 0 Å². The first-order valence-corrected chi connectivity index (χ1v) is 13.4. The Hall–Kier alpha value is -0.560. The molecule has 1 nitrogen and oxygen atoms in total. The smallest absolute Gasteiger partial charge is 0.0594 e. The van der Waals surface area contributed by atoms with Gasteiger partial charge < -0.3 is 5.11 Å². The summed E-state index contributed by atoms with van der Waals surface area (Å²) >= 11 is 0. The maximum atomic E-state index is 10.8. The molecule has 0 aliphatic heterocycles. The number of fused-ring (bicyclic) bond motifs is 4. The summed E-state index contributed by atoms with van der Waals surface area (Å²) in [6, 6.07) is 0. The third kappa shape index (κ3) is 3.34. The van der Waals surface area contributed by atoms with Crippen LogP contribution in [0.5, 0.6) is 0 Å². The van der Waals surface area contributed by atoms with E-state index in [2.05, 4.69) is 61.5 Å². The molecule has 0 aromatic rings. The van der Waals surface area contributed by atoms with Crippen LogP contribution in [0.4, 0.5) is 0 Å². The highest BCUT2D eigenvalue weighted by Crippen LogP contribution is 2.72. The van der Waals surface area contributed by atoms with Crippen molar-refractivity contribution in [3.63, 3.8) is 0 Å². The zero-order valence-corrected chi connectivity index (χ0v) is 21.9.